The minimum atomic E-state index is -0.0362. The molecule has 0 atom stereocenters. The van der Waals surface area contributed by atoms with Crippen molar-refractivity contribution in [2.45, 2.75) is 20.3 Å². The number of rotatable bonds is 5. The second-order valence-electron chi connectivity index (χ2n) is 4.67. The van der Waals surface area contributed by atoms with E-state index in [1.54, 1.807) is 6.07 Å². The van der Waals surface area contributed by atoms with E-state index in [4.69, 9.17) is 22.0 Å². The van der Waals surface area contributed by atoms with Gasteiger partial charge in [0.15, 0.2) is 0 Å². The molecule has 0 aromatic carbocycles. The topological polar surface area (TPSA) is 68.9 Å². The van der Waals surface area contributed by atoms with Crippen LogP contribution in [0.25, 0.3) is 0 Å². The first kappa shape index (κ1) is 13.8. The molecule has 0 aliphatic carbocycles. The largest absolute Gasteiger partial charge is 0.396 e. The summed E-state index contributed by atoms with van der Waals surface area (Å²) < 4.78 is 0. The Hall–Kier alpha value is -1.31. The van der Waals surface area contributed by atoms with Gasteiger partial charge < -0.3 is 10.4 Å². The highest BCUT2D eigenvalue weighted by atomic mass is 35.5. The van der Waals surface area contributed by atoms with Crippen LogP contribution in [0.15, 0.2) is 12.1 Å². The Bertz CT molecular complexity index is 426. The molecule has 0 saturated heterocycles. The average molecular weight is 254 g/mol. The normalized spacial score (nSPS) is 11.0. The van der Waals surface area contributed by atoms with Gasteiger partial charge in [-0.1, -0.05) is 25.4 Å². The molecule has 0 amide bonds. The molecule has 0 bridgehead atoms. The molecule has 4 nitrogen and oxygen atoms in total. The van der Waals surface area contributed by atoms with Gasteiger partial charge in [0, 0.05) is 13.2 Å². The van der Waals surface area contributed by atoms with Gasteiger partial charge in [-0.05, 0) is 24.0 Å². The van der Waals surface area contributed by atoms with Crippen molar-refractivity contribution in [3.63, 3.8) is 0 Å². The smallest absolute Gasteiger partial charge is 0.132 e. The van der Waals surface area contributed by atoms with Gasteiger partial charge in [-0.2, -0.15) is 5.26 Å². The van der Waals surface area contributed by atoms with Crippen molar-refractivity contribution in [2.24, 2.45) is 5.41 Å². The molecular formula is C12H16ClN3O. The Balaban J connectivity index is 2.70. The Morgan fingerprint density at radius 2 is 2.24 bits per heavy atom. The van der Waals surface area contributed by atoms with Gasteiger partial charge in [0.1, 0.15) is 11.0 Å². The van der Waals surface area contributed by atoms with Crippen molar-refractivity contribution in [1.29, 1.82) is 5.26 Å². The van der Waals surface area contributed by atoms with Gasteiger partial charge >= 0.3 is 0 Å². The Morgan fingerprint density at radius 1 is 1.53 bits per heavy atom. The van der Waals surface area contributed by atoms with Crippen LogP contribution in [0, 0.1) is 16.7 Å². The quantitative estimate of drug-likeness (QED) is 0.791. The zero-order valence-electron chi connectivity index (χ0n) is 10.00. The number of nitrogens with one attached hydrogen (secondary N) is 1. The number of pyridine rings is 1. The van der Waals surface area contributed by atoms with Gasteiger partial charge in [-0.3, -0.25) is 0 Å². The highest BCUT2D eigenvalue weighted by molar-refractivity contribution is 6.29. The Labute approximate surface area is 106 Å². The molecule has 17 heavy (non-hydrogen) atoms. The second-order valence-corrected chi connectivity index (χ2v) is 5.05. The van der Waals surface area contributed by atoms with Crippen molar-refractivity contribution >= 4 is 17.4 Å². The summed E-state index contributed by atoms with van der Waals surface area (Å²) in [7, 11) is 0. The molecule has 0 aliphatic rings. The standard InChI is InChI=1S/C12H16ClN3O/c1-12(2,3-4-17)8-15-11-6-9(7-14)5-10(13)16-11/h5-6,17H,3-4,8H2,1-2H3,(H,15,16). The molecule has 1 aromatic rings. The minimum Gasteiger partial charge on any atom is -0.396 e. The molecule has 1 rings (SSSR count). The fourth-order valence-electron chi connectivity index (χ4n) is 1.37. The number of anilines is 1. The SMILES string of the molecule is CC(C)(CCO)CNc1cc(C#N)cc(Cl)n1. The second kappa shape index (κ2) is 5.85. The van der Waals surface area contributed by atoms with E-state index in [0.29, 0.717) is 29.5 Å². The number of aliphatic hydroxyl groups excluding tert-OH is 1. The molecule has 0 fully saturated rings. The highest BCUT2D eigenvalue weighted by Crippen LogP contribution is 2.21. The molecule has 0 radical (unpaired) electrons. The van der Waals surface area contributed by atoms with Gasteiger partial charge in [0.25, 0.3) is 0 Å². The van der Waals surface area contributed by atoms with Crippen LogP contribution in [0.5, 0.6) is 0 Å². The summed E-state index contributed by atoms with van der Waals surface area (Å²) in [5.74, 6) is 0.583. The third-order valence-electron chi connectivity index (χ3n) is 2.46. The van der Waals surface area contributed by atoms with E-state index >= 15 is 0 Å². The number of aromatic nitrogens is 1. The van der Waals surface area contributed by atoms with Crippen LogP contribution in [0.1, 0.15) is 25.8 Å². The van der Waals surface area contributed by atoms with E-state index in [-0.39, 0.29) is 12.0 Å². The third-order valence-corrected chi connectivity index (χ3v) is 2.65. The highest BCUT2D eigenvalue weighted by Gasteiger charge is 2.17. The van der Waals surface area contributed by atoms with Crippen molar-refractivity contribution in [3.8, 4) is 6.07 Å². The maximum atomic E-state index is 8.92. The van der Waals surface area contributed by atoms with E-state index < -0.39 is 0 Å². The van der Waals surface area contributed by atoms with Crippen LogP contribution < -0.4 is 5.32 Å². The maximum absolute atomic E-state index is 8.92. The van der Waals surface area contributed by atoms with Crippen LogP contribution >= 0.6 is 11.6 Å². The first-order valence-electron chi connectivity index (χ1n) is 5.39. The Morgan fingerprint density at radius 3 is 2.82 bits per heavy atom. The number of nitrogens with zero attached hydrogens (tertiary/aromatic N) is 2. The lowest BCUT2D eigenvalue weighted by atomic mass is 9.90. The number of hydrogen-bond acceptors (Lipinski definition) is 4. The summed E-state index contributed by atoms with van der Waals surface area (Å²) in [6.45, 7) is 4.91. The number of halogens is 1. The van der Waals surface area contributed by atoms with Crippen LogP contribution in [0.3, 0.4) is 0 Å². The first-order valence-corrected chi connectivity index (χ1v) is 5.77. The molecule has 0 saturated carbocycles. The van der Waals surface area contributed by atoms with E-state index in [2.05, 4.69) is 10.3 Å². The predicted octanol–water partition coefficient (Wildman–Crippen LogP) is 2.43. The fraction of sp³-hybridized carbons (Fsp3) is 0.500. The van der Waals surface area contributed by atoms with E-state index in [1.165, 1.54) is 6.07 Å². The van der Waals surface area contributed by atoms with Crippen molar-refractivity contribution in [3.05, 3.63) is 22.8 Å². The van der Waals surface area contributed by atoms with Crippen LogP contribution in [0.2, 0.25) is 5.15 Å². The van der Waals surface area contributed by atoms with Crippen LogP contribution in [-0.4, -0.2) is 23.2 Å². The molecule has 0 unspecified atom stereocenters. The molecule has 5 heteroatoms. The summed E-state index contributed by atoms with van der Waals surface area (Å²) in [6.07, 6.45) is 0.700. The molecule has 0 spiro atoms. The molecule has 2 N–H and O–H groups in total. The lowest BCUT2D eigenvalue weighted by Crippen LogP contribution is -2.24. The monoisotopic (exact) mass is 253 g/mol. The van der Waals surface area contributed by atoms with E-state index in [1.807, 2.05) is 19.9 Å². The van der Waals surface area contributed by atoms with Gasteiger partial charge in [0.05, 0.1) is 11.6 Å². The minimum absolute atomic E-state index is 0.0362. The lowest BCUT2D eigenvalue weighted by Gasteiger charge is -2.24. The third kappa shape index (κ3) is 4.59. The average Bonchev–Trinajstić information content (AvgIpc) is 2.26. The number of hydrogen-bond donors (Lipinski definition) is 2. The van der Waals surface area contributed by atoms with Crippen LogP contribution in [0.4, 0.5) is 5.82 Å². The summed E-state index contributed by atoms with van der Waals surface area (Å²) >= 11 is 5.80. The summed E-state index contributed by atoms with van der Waals surface area (Å²) in [5.41, 5.74) is 0.443. The predicted molar refractivity (Wildman–Crippen MR) is 67.9 cm³/mol. The first-order chi connectivity index (χ1) is 7.96. The van der Waals surface area contributed by atoms with Gasteiger partial charge in [0.2, 0.25) is 0 Å². The summed E-state index contributed by atoms with van der Waals surface area (Å²) in [6, 6.07) is 5.20. The Kier molecular flexibility index (Phi) is 4.73. The van der Waals surface area contributed by atoms with Crippen LogP contribution in [-0.2, 0) is 0 Å². The van der Waals surface area contributed by atoms with Crippen molar-refractivity contribution in [1.82, 2.24) is 4.98 Å². The van der Waals surface area contributed by atoms with Gasteiger partial charge in [-0.25, -0.2) is 4.98 Å². The summed E-state index contributed by atoms with van der Waals surface area (Å²) in [4.78, 5) is 4.09. The molecule has 1 heterocycles. The van der Waals surface area contributed by atoms with Gasteiger partial charge in [-0.15, -0.1) is 0 Å². The van der Waals surface area contributed by atoms with Crippen molar-refractivity contribution in [2.75, 3.05) is 18.5 Å². The molecular weight excluding hydrogens is 238 g/mol. The lowest BCUT2D eigenvalue weighted by molar-refractivity contribution is 0.220. The maximum Gasteiger partial charge on any atom is 0.132 e. The van der Waals surface area contributed by atoms with E-state index in [9.17, 15) is 0 Å². The number of aliphatic hydroxyl groups is 1. The fourth-order valence-corrected chi connectivity index (χ4v) is 1.58. The van der Waals surface area contributed by atoms with Crippen molar-refractivity contribution < 1.29 is 5.11 Å². The molecule has 1 aromatic heterocycles. The zero-order chi connectivity index (χ0) is 12.9. The summed E-state index contributed by atoms with van der Waals surface area (Å²) in [5, 5.41) is 21.1. The molecule has 0 aliphatic heterocycles. The zero-order valence-corrected chi connectivity index (χ0v) is 10.8. The molecule has 92 valence electrons. The number of nitriles is 1. The van der Waals surface area contributed by atoms with E-state index in [0.717, 1.165) is 0 Å².